The molecule has 0 aliphatic carbocycles. The third-order valence-corrected chi connectivity index (χ3v) is 3.03. The molecule has 0 aliphatic heterocycles. The average Bonchev–Trinajstić information content (AvgIpc) is 2.26. The Labute approximate surface area is 105 Å². The van der Waals surface area contributed by atoms with Crippen molar-refractivity contribution in [2.24, 2.45) is 0 Å². The van der Waals surface area contributed by atoms with E-state index in [1.54, 1.807) is 18.3 Å². The standard InChI is InChI=1S/C12H17BrN2O/c1-3-4-11(13)8-15-12(16)10-5-6-14-9(2)7-10/h5-7,11H,3-4,8H2,1-2H3,(H,15,16). The van der Waals surface area contributed by atoms with Crippen molar-refractivity contribution in [1.82, 2.24) is 10.3 Å². The maximum absolute atomic E-state index is 11.7. The topological polar surface area (TPSA) is 42.0 Å². The fraction of sp³-hybridized carbons (Fsp3) is 0.500. The van der Waals surface area contributed by atoms with Crippen molar-refractivity contribution in [2.45, 2.75) is 31.5 Å². The van der Waals surface area contributed by atoms with Crippen molar-refractivity contribution in [3.8, 4) is 0 Å². The first-order chi connectivity index (χ1) is 7.63. The van der Waals surface area contributed by atoms with Crippen LogP contribution in [-0.4, -0.2) is 22.3 Å². The second-order valence-corrected chi connectivity index (χ2v) is 5.08. The van der Waals surface area contributed by atoms with Crippen LogP contribution in [0.25, 0.3) is 0 Å². The number of hydrogen-bond acceptors (Lipinski definition) is 2. The first-order valence-electron chi connectivity index (χ1n) is 5.48. The predicted molar refractivity (Wildman–Crippen MR) is 68.9 cm³/mol. The van der Waals surface area contributed by atoms with Gasteiger partial charge in [0.1, 0.15) is 0 Å². The molecule has 88 valence electrons. The van der Waals surface area contributed by atoms with Gasteiger partial charge in [0.2, 0.25) is 0 Å². The molecule has 0 saturated carbocycles. The van der Waals surface area contributed by atoms with E-state index < -0.39 is 0 Å². The van der Waals surface area contributed by atoms with Crippen LogP contribution < -0.4 is 5.32 Å². The predicted octanol–water partition coefficient (Wildman–Crippen LogP) is 2.68. The molecule has 1 unspecified atom stereocenters. The van der Waals surface area contributed by atoms with E-state index in [0.717, 1.165) is 18.5 Å². The summed E-state index contributed by atoms with van der Waals surface area (Å²) in [5, 5.41) is 2.90. The minimum Gasteiger partial charge on any atom is -0.351 e. The normalized spacial score (nSPS) is 12.2. The Morgan fingerprint density at radius 3 is 3.00 bits per heavy atom. The van der Waals surface area contributed by atoms with E-state index >= 15 is 0 Å². The van der Waals surface area contributed by atoms with Gasteiger partial charge >= 0.3 is 0 Å². The molecule has 1 aromatic rings. The van der Waals surface area contributed by atoms with E-state index in [1.165, 1.54) is 0 Å². The Hall–Kier alpha value is -0.900. The van der Waals surface area contributed by atoms with Crippen molar-refractivity contribution in [1.29, 1.82) is 0 Å². The summed E-state index contributed by atoms with van der Waals surface area (Å²) in [5.74, 6) is -0.0361. The molecule has 1 rings (SSSR count). The fourth-order valence-corrected chi connectivity index (χ4v) is 2.03. The number of aromatic nitrogens is 1. The Bertz CT molecular complexity index is 355. The van der Waals surface area contributed by atoms with E-state index in [2.05, 4.69) is 33.2 Å². The number of rotatable bonds is 5. The summed E-state index contributed by atoms with van der Waals surface area (Å²) >= 11 is 3.53. The van der Waals surface area contributed by atoms with Crippen LogP contribution in [0.2, 0.25) is 0 Å². The summed E-state index contributed by atoms with van der Waals surface area (Å²) in [4.78, 5) is 16.2. The number of carbonyl (C=O) groups is 1. The molecule has 1 amide bonds. The van der Waals surface area contributed by atoms with Gasteiger partial charge in [-0.2, -0.15) is 0 Å². The summed E-state index contributed by atoms with van der Waals surface area (Å²) in [6, 6.07) is 3.52. The zero-order chi connectivity index (χ0) is 12.0. The summed E-state index contributed by atoms with van der Waals surface area (Å²) in [6.45, 7) is 4.66. The molecule has 16 heavy (non-hydrogen) atoms. The van der Waals surface area contributed by atoms with Crippen molar-refractivity contribution in [3.63, 3.8) is 0 Å². The number of nitrogens with one attached hydrogen (secondary N) is 1. The summed E-state index contributed by atoms with van der Waals surface area (Å²) < 4.78 is 0. The van der Waals surface area contributed by atoms with E-state index in [9.17, 15) is 4.79 Å². The maximum atomic E-state index is 11.7. The highest BCUT2D eigenvalue weighted by Crippen LogP contribution is 2.07. The number of halogens is 1. The van der Waals surface area contributed by atoms with Crippen LogP contribution in [0.3, 0.4) is 0 Å². The zero-order valence-corrected chi connectivity index (χ0v) is 11.3. The molecule has 0 radical (unpaired) electrons. The van der Waals surface area contributed by atoms with Crippen molar-refractivity contribution >= 4 is 21.8 Å². The average molecular weight is 285 g/mol. The van der Waals surface area contributed by atoms with Crippen molar-refractivity contribution in [3.05, 3.63) is 29.6 Å². The lowest BCUT2D eigenvalue weighted by Crippen LogP contribution is -2.29. The van der Waals surface area contributed by atoms with Crippen LogP contribution in [0.4, 0.5) is 0 Å². The van der Waals surface area contributed by atoms with Gasteiger partial charge in [0.25, 0.3) is 5.91 Å². The minimum absolute atomic E-state index is 0.0361. The first kappa shape index (κ1) is 13.2. The molecular formula is C12H17BrN2O. The van der Waals surface area contributed by atoms with Crippen LogP contribution in [-0.2, 0) is 0 Å². The number of nitrogens with zero attached hydrogens (tertiary/aromatic N) is 1. The van der Waals surface area contributed by atoms with Gasteiger partial charge in [-0.05, 0) is 25.5 Å². The van der Waals surface area contributed by atoms with Crippen LogP contribution in [0.1, 0.15) is 35.8 Å². The molecule has 0 spiro atoms. The number of pyridine rings is 1. The van der Waals surface area contributed by atoms with Gasteiger partial charge in [-0.3, -0.25) is 9.78 Å². The summed E-state index contributed by atoms with van der Waals surface area (Å²) in [5.41, 5.74) is 1.53. The maximum Gasteiger partial charge on any atom is 0.251 e. The minimum atomic E-state index is -0.0361. The smallest absolute Gasteiger partial charge is 0.251 e. The molecule has 0 saturated heterocycles. The van der Waals surface area contributed by atoms with Crippen LogP contribution in [0.15, 0.2) is 18.3 Å². The Kier molecular flexibility index (Phi) is 5.46. The van der Waals surface area contributed by atoms with Gasteiger partial charge in [-0.25, -0.2) is 0 Å². The molecular weight excluding hydrogens is 268 g/mol. The van der Waals surface area contributed by atoms with E-state index in [4.69, 9.17) is 0 Å². The van der Waals surface area contributed by atoms with E-state index in [1.807, 2.05) is 6.92 Å². The SMILES string of the molecule is CCCC(Br)CNC(=O)c1ccnc(C)c1. The van der Waals surface area contributed by atoms with E-state index in [0.29, 0.717) is 16.9 Å². The second-order valence-electron chi connectivity index (χ2n) is 3.78. The van der Waals surface area contributed by atoms with E-state index in [-0.39, 0.29) is 5.91 Å². The van der Waals surface area contributed by atoms with Crippen molar-refractivity contribution < 1.29 is 4.79 Å². The Balaban J connectivity index is 2.47. The van der Waals surface area contributed by atoms with Gasteiger partial charge < -0.3 is 5.32 Å². The van der Waals surface area contributed by atoms with Gasteiger partial charge in [0, 0.05) is 28.8 Å². The second kappa shape index (κ2) is 6.63. The lowest BCUT2D eigenvalue weighted by molar-refractivity contribution is 0.0953. The molecule has 0 aromatic carbocycles. The Morgan fingerprint density at radius 1 is 1.62 bits per heavy atom. The highest BCUT2D eigenvalue weighted by molar-refractivity contribution is 9.09. The quantitative estimate of drug-likeness (QED) is 0.845. The monoisotopic (exact) mass is 284 g/mol. The van der Waals surface area contributed by atoms with Crippen LogP contribution in [0, 0.1) is 6.92 Å². The lowest BCUT2D eigenvalue weighted by atomic mass is 10.2. The van der Waals surface area contributed by atoms with Gasteiger partial charge in [0.05, 0.1) is 0 Å². The third-order valence-electron chi connectivity index (χ3n) is 2.24. The lowest BCUT2D eigenvalue weighted by Gasteiger charge is -2.10. The number of aryl methyl sites for hydroxylation is 1. The number of alkyl halides is 1. The third kappa shape index (κ3) is 4.31. The molecule has 3 nitrogen and oxygen atoms in total. The summed E-state index contributed by atoms with van der Waals surface area (Å²) in [6.07, 6.45) is 3.83. The van der Waals surface area contributed by atoms with Crippen LogP contribution >= 0.6 is 15.9 Å². The highest BCUT2D eigenvalue weighted by Gasteiger charge is 2.08. The molecule has 4 heteroatoms. The largest absolute Gasteiger partial charge is 0.351 e. The fourth-order valence-electron chi connectivity index (χ4n) is 1.41. The molecule has 0 fully saturated rings. The summed E-state index contributed by atoms with van der Waals surface area (Å²) in [7, 11) is 0. The molecule has 0 bridgehead atoms. The zero-order valence-electron chi connectivity index (χ0n) is 9.66. The van der Waals surface area contributed by atoms with Crippen molar-refractivity contribution in [2.75, 3.05) is 6.54 Å². The number of amides is 1. The molecule has 1 atom stereocenters. The Morgan fingerprint density at radius 2 is 2.38 bits per heavy atom. The van der Waals surface area contributed by atoms with Crippen LogP contribution in [0.5, 0.6) is 0 Å². The first-order valence-corrected chi connectivity index (χ1v) is 6.40. The highest BCUT2D eigenvalue weighted by atomic mass is 79.9. The van der Waals surface area contributed by atoms with Gasteiger partial charge in [-0.1, -0.05) is 29.3 Å². The molecule has 0 aliphatic rings. The van der Waals surface area contributed by atoms with Gasteiger partial charge in [0.15, 0.2) is 0 Å². The molecule has 1 heterocycles. The number of hydrogen-bond donors (Lipinski definition) is 1. The molecule has 1 N–H and O–H groups in total. The molecule has 1 aromatic heterocycles. The van der Waals surface area contributed by atoms with Gasteiger partial charge in [-0.15, -0.1) is 0 Å². The number of carbonyl (C=O) groups excluding carboxylic acids is 1.